The van der Waals surface area contributed by atoms with E-state index in [-0.39, 0.29) is 60.0 Å². The molecule has 0 aromatic heterocycles. The highest BCUT2D eigenvalue weighted by molar-refractivity contribution is 6.51. The lowest BCUT2D eigenvalue weighted by molar-refractivity contribution is -0.146. The van der Waals surface area contributed by atoms with Crippen LogP contribution >= 0.6 is 23.2 Å². The molecule has 2 amide bonds. The maximum Gasteiger partial charge on any atom is 0.285 e. The second-order valence-electron chi connectivity index (χ2n) is 14.6. The number of likely N-dealkylation sites (tertiary alicyclic amines) is 1. The molecule has 1 heterocycles. The van der Waals surface area contributed by atoms with E-state index < -0.39 is 39.8 Å². The van der Waals surface area contributed by atoms with E-state index in [4.69, 9.17) is 28.9 Å². The summed E-state index contributed by atoms with van der Waals surface area (Å²) in [6.07, 6.45) is 8.84. The third kappa shape index (κ3) is 7.20. The summed E-state index contributed by atoms with van der Waals surface area (Å²) < 4.78 is -1.10. The Bertz CT molecular complexity index is 1040. The van der Waals surface area contributed by atoms with Crippen LogP contribution in [0.15, 0.2) is 0 Å². The van der Waals surface area contributed by atoms with Crippen molar-refractivity contribution in [3.63, 3.8) is 0 Å². The first-order chi connectivity index (χ1) is 19.1. The molecule has 4 fully saturated rings. The summed E-state index contributed by atoms with van der Waals surface area (Å²) in [7, 11) is 0. The van der Waals surface area contributed by atoms with Gasteiger partial charge in [-0.2, -0.15) is 0 Å². The Morgan fingerprint density at radius 3 is 2.10 bits per heavy atom. The van der Waals surface area contributed by atoms with E-state index in [9.17, 15) is 24.0 Å². The molecule has 0 spiro atoms. The molecular weight excluding hydrogens is 563 g/mol. The maximum absolute atomic E-state index is 14.3. The lowest BCUT2D eigenvalue weighted by atomic mass is 9.74. The zero-order chi connectivity index (χ0) is 30.3. The monoisotopic (exact) mass is 610 g/mol. The van der Waals surface area contributed by atoms with Gasteiger partial charge in [0.25, 0.3) is 5.91 Å². The predicted octanol–water partition coefficient (Wildman–Crippen LogP) is 5.67. The van der Waals surface area contributed by atoms with E-state index in [1.807, 2.05) is 0 Å². The van der Waals surface area contributed by atoms with E-state index in [0.29, 0.717) is 18.8 Å². The largest absolute Gasteiger partial charge is 0.363 e. The van der Waals surface area contributed by atoms with Crippen molar-refractivity contribution in [1.82, 2.24) is 4.90 Å². The van der Waals surface area contributed by atoms with Crippen LogP contribution in [0.2, 0.25) is 0 Å². The van der Waals surface area contributed by atoms with E-state index in [2.05, 4.69) is 27.7 Å². The number of hydrogen-bond acceptors (Lipinski definition) is 5. The standard InChI is InChI=1S/C32H48Cl2N2O5/c1-18(31(2,3)4)13-22(37)16-23(20-11-6-5-7-12-20)30(41)36-17-24-26(32(24,33)34)27(36)25(38)15-21(28(39)29(35)40)14-19-9-8-10-19/h18-21,23-24,26-27H,5-17H2,1-4H3,(H2,35,40)/t18?,21-,23+,24+,26+,27-/m1/s1. The van der Waals surface area contributed by atoms with Gasteiger partial charge >= 0.3 is 0 Å². The molecule has 6 atom stereocenters. The van der Waals surface area contributed by atoms with Crippen molar-refractivity contribution in [2.45, 2.75) is 115 Å². The lowest BCUT2D eigenvalue weighted by Gasteiger charge is -2.37. The molecule has 41 heavy (non-hydrogen) atoms. The van der Waals surface area contributed by atoms with Crippen LogP contribution in [0, 0.1) is 46.8 Å². The van der Waals surface area contributed by atoms with Gasteiger partial charge < -0.3 is 10.6 Å². The molecule has 0 bridgehead atoms. The lowest BCUT2D eigenvalue weighted by Crippen LogP contribution is -2.50. The smallest absolute Gasteiger partial charge is 0.285 e. The molecule has 9 heteroatoms. The van der Waals surface area contributed by atoms with Crippen molar-refractivity contribution >= 4 is 52.4 Å². The first-order valence-electron chi connectivity index (χ1n) is 15.7. The second-order valence-corrected chi connectivity index (χ2v) is 16.0. The van der Waals surface area contributed by atoms with Crippen LogP contribution in [0.1, 0.15) is 105 Å². The summed E-state index contributed by atoms with van der Waals surface area (Å²) in [5.74, 6) is -3.50. The topological polar surface area (TPSA) is 115 Å². The molecular formula is C32H48Cl2N2O5. The van der Waals surface area contributed by atoms with Gasteiger partial charge in [-0.3, -0.25) is 24.0 Å². The minimum atomic E-state index is -1.10. The quantitative estimate of drug-likeness (QED) is 0.213. The number of nitrogens with two attached hydrogens (primary N) is 1. The molecule has 1 unspecified atom stereocenters. The van der Waals surface area contributed by atoms with Crippen molar-refractivity contribution < 1.29 is 24.0 Å². The molecule has 3 saturated carbocycles. The van der Waals surface area contributed by atoms with Crippen LogP contribution in [0.25, 0.3) is 0 Å². The van der Waals surface area contributed by atoms with Crippen molar-refractivity contribution in [3.05, 3.63) is 0 Å². The summed E-state index contributed by atoms with van der Waals surface area (Å²) in [6.45, 7) is 8.69. The second kappa shape index (κ2) is 12.6. The maximum atomic E-state index is 14.3. The normalized spacial score (nSPS) is 28.2. The Morgan fingerprint density at radius 2 is 1.56 bits per heavy atom. The van der Waals surface area contributed by atoms with Gasteiger partial charge in [-0.15, -0.1) is 23.2 Å². The molecule has 1 saturated heterocycles. The molecule has 0 aromatic carbocycles. The van der Waals surface area contributed by atoms with Gasteiger partial charge in [0.1, 0.15) is 10.1 Å². The molecule has 1 aliphatic heterocycles. The van der Waals surface area contributed by atoms with E-state index in [0.717, 1.165) is 51.4 Å². The fourth-order valence-electron chi connectivity index (χ4n) is 7.36. The van der Waals surface area contributed by atoms with Gasteiger partial charge in [0.2, 0.25) is 11.7 Å². The van der Waals surface area contributed by atoms with Crippen molar-refractivity contribution in [2.75, 3.05) is 6.54 Å². The highest BCUT2D eigenvalue weighted by Gasteiger charge is 2.73. The first-order valence-corrected chi connectivity index (χ1v) is 16.4. The van der Waals surface area contributed by atoms with Crippen molar-refractivity contribution in [2.24, 2.45) is 52.6 Å². The van der Waals surface area contributed by atoms with Gasteiger partial charge in [0, 0.05) is 49.5 Å². The summed E-state index contributed by atoms with van der Waals surface area (Å²) in [4.78, 5) is 67.7. The third-order valence-electron chi connectivity index (χ3n) is 10.8. The Morgan fingerprint density at radius 1 is 0.927 bits per heavy atom. The average Bonchev–Trinajstić information content (AvgIpc) is 3.20. The molecule has 4 aliphatic rings. The predicted molar refractivity (Wildman–Crippen MR) is 159 cm³/mol. The van der Waals surface area contributed by atoms with Gasteiger partial charge in [0.05, 0.1) is 6.04 Å². The molecule has 2 N–H and O–H groups in total. The van der Waals surface area contributed by atoms with E-state index >= 15 is 0 Å². The Hall–Kier alpha value is -1.47. The number of carbonyl (C=O) groups excluding carboxylic acids is 5. The Labute approximate surface area is 255 Å². The fourth-order valence-corrected chi connectivity index (χ4v) is 8.19. The number of primary amides is 1. The van der Waals surface area contributed by atoms with Crippen LogP contribution in [-0.4, -0.2) is 51.0 Å². The van der Waals surface area contributed by atoms with Crippen LogP contribution in [0.3, 0.4) is 0 Å². The first kappa shape index (κ1) is 32.4. The minimum Gasteiger partial charge on any atom is -0.363 e. The zero-order valence-electron chi connectivity index (χ0n) is 25.1. The van der Waals surface area contributed by atoms with Crippen molar-refractivity contribution in [3.8, 4) is 0 Å². The van der Waals surface area contributed by atoms with Crippen LogP contribution in [0.5, 0.6) is 0 Å². The van der Waals surface area contributed by atoms with Gasteiger partial charge in [0.15, 0.2) is 5.78 Å². The highest BCUT2D eigenvalue weighted by Crippen LogP contribution is 2.66. The molecule has 7 nitrogen and oxygen atoms in total. The fraction of sp³-hybridized carbons (Fsp3) is 0.844. The summed E-state index contributed by atoms with van der Waals surface area (Å²) in [6, 6.07) is -0.859. The Kier molecular flexibility index (Phi) is 10.0. The minimum absolute atomic E-state index is 0.0177. The van der Waals surface area contributed by atoms with E-state index in [1.54, 1.807) is 4.90 Å². The Balaban J connectivity index is 1.55. The summed E-state index contributed by atoms with van der Waals surface area (Å²) >= 11 is 13.2. The van der Waals surface area contributed by atoms with E-state index in [1.165, 1.54) is 0 Å². The molecule has 4 rings (SSSR count). The molecule has 230 valence electrons. The van der Waals surface area contributed by atoms with Crippen molar-refractivity contribution in [1.29, 1.82) is 0 Å². The zero-order valence-corrected chi connectivity index (χ0v) is 26.6. The van der Waals surface area contributed by atoms with Gasteiger partial charge in [-0.25, -0.2) is 0 Å². The number of halogens is 2. The molecule has 0 aromatic rings. The van der Waals surface area contributed by atoms with Crippen LogP contribution < -0.4 is 5.73 Å². The number of rotatable bonds is 13. The number of piperidine rings is 1. The number of amides is 2. The summed E-state index contributed by atoms with van der Waals surface area (Å²) in [5.41, 5.74) is 5.33. The van der Waals surface area contributed by atoms with Gasteiger partial charge in [-0.05, 0) is 42.4 Å². The summed E-state index contributed by atoms with van der Waals surface area (Å²) in [5, 5.41) is 0. The number of carbonyl (C=O) groups is 5. The number of hydrogen-bond donors (Lipinski definition) is 1. The molecule has 0 radical (unpaired) electrons. The van der Waals surface area contributed by atoms with Gasteiger partial charge in [-0.1, -0.05) is 66.2 Å². The SMILES string of the molecule is CC(CC(=O)C[C@H](C(=O)N1C[C@H]2[C@@H]([C@H]1C(=O)C[C@@H](CC1CCC1)C(=O)C(N)=O)C2(Cl)Cl)C1CCCCC1)C(C)(C)C. The molecule has 3 aliphatic carbocycles. The number of ketones is 3. The third-order valence-corrected chi connectivity index (χ3v) is 11.9. The van der Waals surface area contributed by atoms with Crippen LogP contribution in [-0.2, 0) is 24.0 Å². The number of nitrogens with zero attached hydrogens (tertiary/aromatic N) is 1. The number of fused-ring (bicyclic) bond motifs is 1. The number of Topliss-reactive ketones (excluding diaryl/α,β-unsaturated/α-hetero) is 3. The highest BCUT2D eigenvalue weighted by atomic mass is 35.5. The average molecular weight is 612 g/mol. The van der Waals surface area contributed by atoms with Crippen LogP contribution in [0.4, 0.5) is 0 Å². The number of alkyl halides is 2.